The van der Waals surface area contributed by atoms with E-state index in [1.165, 1.54) is 17.3 Å². The Hall–Kier alpha value is -2.80. The number of aryl methyl sites for hydroxylation is 2. The average molecular weight is 496 g/mol. The van der Waals surface area contributed by atoms with Crippen LogP contribution in [-0.4, -0.2) is 33.4 Å². The second-order valence-electron chi connectivity index (χ2n) is 9.68. The maximum atomic E-state index is 13.0. The lowest BCUT2D eigenvalue weighted by molar-refractivity contribution is 0.102. The van der Waals surface area contributed by atoms with Crippen LogP contribution in [0.2, 0.25) is 0 Å². The fourth-order valence-electron chi connectivity index (χ4n) is 3.95. The molecular weight excluding hydrogens is 458 g/mol. The number of hydrogen-bond donors (Lipinski definition) is 0. The topological polar surface area (TPSA) is 66.2 Å². The molecule has 1 heterocycles. The minimum Gasteiger partial charge on any atom is -0.496 e. The Morgan fingerprint density at radius 1 is 1.00 bits per heavy atom. The van der Waals surface area contributed by atoms with Crippen molar-refractivity contribution in [3.05, 3.63) is 64.5 Å². The number of hydrogen-bond acceptors (Lipinski definition) is 6. The first-order valence-corrected chi connectivity index (χ1v) is 13.1. The summed E-state index contributed by atoms with van der Waals surface area (Å²) in [5, 5.41) is 9.61. The van der Waals surface area contributed by atoms with Crippen molar-refractivity contribution >= 4 is 17.5 Å². The largest absolute Gasteiger partial charge is 0.496 e. The molecule has 0 amide bonds. The highest BCUT2D eigenvalue weighted by Crippen LogP contribution is 2.28. The summed E-state index contributed by atoms with van der Waals surface area (Å²) in [6, 6.07) is 12.0. The maximum Gasteiger partial charge on any atom is 0.191 e. The predicted octanol–water partition coefficient (Wildman–Crippen LogP) is 6.80. The lowest BCUT2D eigenvalue weighted by atomic mass is 10.0. The molecule has 2 aromatic carbocycles. The van der Waals surface area contributed by atoms with Crippen LogP contribution in [0.5, 0.6) is 11.5 Å². The van der Waals surface area contributed by atoms with E-state index in [1.807, 2.05) is 45.0 Å². The number of methoxy groups -OCH3 is 1. The van der Waals surface area contributed by atoms with E-state index < -0.39 is 0 Å². The zero-order valence-electron chi connectivity index (χ0n) is 22.1. The number of benzene rings is 2. The van der Waals surface area contributed by atoms with Crippen LogP contribution in [0.15, 0.2) is 41.6 Å². The molecule has 0 aliphatic heterocycles. The molecule has 0 bridgehead atoms. The fraction of sp³-hybridized carbons (Fsp3) is 0.464. The molecule has 35 heavy (non-hydrogen) atoms. The zero-order chi connectivity index (χ0) is 25.7. The summed E-state index contributed by atoms with van der Waals surface area (Å²) in [6.07, 6.45) is -0.275. The van der Waals surface area contributed by atoms with Crippen LogP contribution in [0.1, 0.15) is 79.5 Å². The molecular formula is C28H37N3O3S. The van der Waals surface area contributed by atoms with Crippen LogP contribution in [0.4, 0.5) is 0 Å². The van der Waals surface area contributed by atoms with Crippen LogP contribution in [0, 0.1) is 19.8 Å². The van der Waals surface area contributed by atoms with Crippen molar-refractivity contribution in [1.29, 1.82) is 0 Å². The molecule has 1 atom stereocenters. The number of ether oxygens (including phenoxy) is 2. The normalized spacial score (nSPS) is 12.3. The summed E-state index contributed by atoms with van der Waals surface area (Å²) in [4.78, 5) is 13.0. The molecule has 188 valence electrons. The second-order valence-corrected chi connectivity index (χ2v) is 10.6. The summed E-state index contributed by atoms with van der Waals surface area (Å²) in [6.45, 7) is 15.3. The van der Waals surface area contributed by atoms with E-state index in [0.29, 0.717) is 17.4 Å². The van der Waals surface area contributed by atoms with Gasteiger partial charge in [-0.15, -0.1) is 10.2 Å². The first kappa shape index (κ1) is 26.8. The Morgan fingerprint density at radius 3 is 2.29 bits per heavy atom. The third kappa shape index (κ3) is 6.66. The monoisotopic (exact) mass is 495 g/mol. The predicted molar refractivity (Wildman–Crippen MR) is 142 cm³/mol. The highest BCUT2D eigenvalue weighted by atomic mass is 32.2. The van der Waals surface area contributed by atoms with Gasteiger partial charge in [0.1, 0.15) is 11.5 Å². The van der Waals surface area contributed by atoms with Gasteiger partial charge in [0.2, 0.25) is 0 Å². The van der Waals surface area contributed by atoms with E-state index in [0.717, 1.165) is 40.2 Å². The van der Waals surface area contributed by atoms with E-state index in [2.05, 4.69) is 54.6 Å². The number of ketones is 1. The first-order chi connectivity index (χ1) is 16.6. The summed E-state index contributed by atoms with van der Waals surface area (Å²) < 4.78 is 13.7. The third-order valence-corrected chi connectivity index (χ3v) is 6.86. The minimum absolute atomic E-state index is 0.0634. The maximum absolute atomic E-state index is 13.0. The molecule has 0 N–H and O–H groups in total. The summed E-state index contributed by atoms with van der Waals surface area (Å²) >= 11 is 1.42. The molecule has 6 nitrogen and oxygen atoms in total. The minimum atomic E-state index is -0.275. The number of Topliss-reactive ketones (excluding diaryl/α,β-unsaturated/α-hetero) is 1. The molecule has 0 aliphatic rings. The highest BCUT2D eigenvalue weighted by Gasteiger charge is 2.22. The molecule has 1 aromatic heterocycles. The number of aromatic nitrogens is 3. The van der Waals surface area contributed by atoms with Crippen LogP contribution < -0.4 is 9.47 Å². The van der Waals surface area contributed by atoms with E-state index in [9.17, 15) is 4.79 Å². The second kappa shape index (κ2) is 11.8. The Morgan fingerprint density at radius 2 is 1.69 bits per heavy atom. The van der Waals surface area contributed by atoms with E-state index in [-0.39, 0.29) is 17.6 Å². The quantitative estimate of drug-likeness (QED) is 0.215. The van der Waals surface area contributed by atoms with Crippen LogP contribution >= 0.6 is 11.8 Å². The van der Waals surface area contributed by atoms with Crippen molar-refractivity contribution in [1.82, 2.24) is 14.8 Å². The fourth-order valence-corrected chi connectivity index (χ4v) is 4.79. The van der Waals surface area contributed by atoms with Crippen molar-refractivity contribution in [2.75, 3.05) is 12.9 Å². The molecule has 3 aromatic rings. The molecule has 3 rings (SSSR count). The lowest BCUT2D eigenvalue weighted by Gasteiger charge is -2.18. The number of nitrogens with zero attached hydrogens (tertiary/aromatic N) is 3. The van der Waals surface area contributed by atoms with Crippen molar-refractivity contribution in [3.8, 4) is 11.5 Å². The number of carbonyl (C=O) groups is 1. The van der Waals surface area contributed by atoms with E-state index in [4.69, 9.17) is 9.47 Å². The number of rotatable bonds is 11. The van der Waals surface area contributed by atoms with E-state index >= 15 is 0 Å². The van der Waals surface area contributed by atoms with Gasteiger partial charge in [0.15, 0.2) is 22.9 Å². The van der Waals surface area contributed by atoms with Crippen molar-refractivity contribution in [2.45, 2.75) is 72.2 Å². The van der Waals surface area contributed by atoms with Crippen molar-refractivity contribution in [2.24, 2.45) is 5.92 Å². The number of thioether (sulfide) groups is 1. The van der Waals surface area contributed by atoms with Gasteiger partial charge >= 0.3 is 0 Å². The van der Waals surface area contributed by atoms with Gasteiger partial charge in [0, 0.05) is 12.1 Å². The van der Waals surface area contributed by atoms with Crippen molar-refractivity contribution in [3.63, 3.8) is 0 Å². The van der Waals surface area contributed by atoms with Crippen LogP contribution in [0.3, 0.4) is 0 Å². The van der Waals surface area contributed by atoms with Gasteiger partial charge in [0.25, 0.3) is 0 Å². The summed E-state index contributed by atoms with van der Waals surface area (Å²) in [5.74, 6) is 3.57. The Bertz CT molecular complexity index is 1150. The molecule has 1 unspecified atom stereocenters. The molecule has 0 aliphatic carbocycles. The zero-order valence-corrected chi connectivity index (χ0v) is 22.9. The standard InChI is InChI=1S/C28H37N3O3S/c1-17(2)15-31-27(21(7)34-23-11-9-22(10-12-23)18(3)4)29-30-28(31)35-16-25(32)24-13-20(6)26(33-8)14-19(24)5/h9-14,17-18,21H,15-16H2,1-8H3. The summed E-state index contributed by atoms with van der Waals surface area (Å²) in [5.41, 5.74) is 3.85. The van der Waals surface area contributed by atoms with Gasteiger partial charge in [-0.3, -0.25) is 4.79 Å². The van der Waals surface area contributed by atoms with Gasteiger partial charge in [-0.05, 0) is 73.6 Å². The van der Waals surface area contributed by atoms with Gasteiger partial charge in [-0.2, -0.15) is 0 Å². The lowest BCUT2D eigenvalue weighted by Crippen LogP contribution is -2.16. The van der Waals surface area contributed by atoms with E-state index in [1.54, 1.807) is 7.11 Å². The smallest absolute Gasteiger partial charge is 0.191 e. The Balaban J connectivity index is 1.76. The van der Waals surface area contributed by atoms with Gasteiger partial charge in [0.05, 0.1) is 12.9 Å². The van der Waals surface area contributed by atoms with Crippen LogP contribution in [-0.2, 0) is 6.54 Å². The van der Waals surface area contributed by atoms with Crippen molar-refractivity contribution < 1.29 is 14.3 Å². The molecule has 0 radical (unpaired) electrons. The molecule has 0 saturated heterocycles. The summed E-state index contributed by atoms with van der Waals surface area (Å²) in [7, 11) is 1.64. The SMILES string of the molecule is COc1cc(C)c(C(=O)CSc2nnc(C(C)Oc3ccc(C(C)C)cc3)n2CC(C)C)cc1C. The Kier molecular flexibility index (Phi) is 9.00. The third-order valence-electron chi connectivity index (χ3n) is 5.89. The molecule has 7 heteroatoms. The molecule has 0 spiro atoms. The van der Waals surface area contributed by atoms with Gasteiger partial charge in [-0.25, -0.2) is 0 Å². The highest BCUT2D eigenvalue weighted by molar-refractivity contribution is 7.99. The van der Waals surface area contributed by atoms with Gasteiger partial charge in [-0.1, -0.05) is 51.6 Å². The molecule has 0 fully saturated rings. The first-order valence-electron chi connectivity index (χ1n) is 12.1. The Labute approximate surface area is 213 Å². The van der Waals surface area contributed by atoms with Gasteiger partial charge < -0.3 is 14.0 Å². The van der Waals surface area contributed by atoms with Crippen LogP contribution in [0.25, 0.3) is 0 Å². The number of carbonyl (C=O) groups excluding carboxylic acids is 1. The average Bonchev–Trinajstić information content (AvgIpc) is 3.20. The molecule has 0 saturated carbocycles.